The maximum atomic E-state index is 15.0. The first-order valence-corrected chi connectivity index (χ1v) is 14.3. The lowest BCUT2D eigenvalue weighted by atomic mass is 10.0. The van der Waals surface area contributed by atoms with Gasteiger partial charge in [-0.25, -0.2) is 9.37 Å². The van der Waals surface area contributed by atoms with Gasteiger partial charge in [-0.3, -0.25) is 19.7 Å². The van der Waals surface area contributed by atoms with Gasteiger partial charge in [-0.2, -0.15) is 0 Å². The van der Waals surface area contributed by atoms with Crippen LogP contribution in [0.15, 0.2) is 60.0 Å². The molecule has 6 rings (SSSR count). The van der Waals surface area contributed by atoms with Gasteiger partial charge in [0.1, 0.15) is 12.4 Å². The minimum Gasteiger partial charge on any atom is -0.488 e. The number of nitrogens with zero attached hydrogens (tertiary/aromatic N) is 6. The van der Waals surface area contributed by atoms with E-state index in [1.807, 2.05) is 25.4 Å². The molecule has 2 fully saturated rings. The molecule has 1 aliphatic carbocycles. The molecule has 214 valence electrons. The number of aromatic nitrogens is 4. The van der Waals surface area contributed by atoms with E-state index in [1.54, 1.807) is 24.7 Å². The molecule has 10 heteroatoms. The highest BCUT2D eigenvalue weighted by Crippen LogP contribution is 2.38. The van der Waals surface area contributed by atoms with Crippen molar-refractivity contribution in [1.29, 1.82) is 0 Å². The molecule has 4 heterocycles. The number of benzene rings is 1. The summed E-state index contributed by atoms with van der Waals surface area (Å²) in [6.07, 6.45) is 13.0. The number of piperidine rings is 1. The highest BCUT2D eigenvalue weighted by Gasteiger charge is 2.30. The summed E-state index contributed by atoms with van der Waals surface area (Å²) in [6, 6.07) is 7.44. The molecule has 1 atom stereocenters. The van der Waals surface area contributed by atoms with Crippen molar-refractivity contribution in [2.75, 3.05) is 31.2 Å². The average molecular weight is 559 g/mol. The topological polar surface area (TPSA) is 96.6 Å². The molecule has 3 aromatic heterocycles. The van der Waals surface area contributed by atoms with Gasteiger partial charge in [-0.05, 0) is 56.4 Å². The number of anilines is 1. The van der Waals surface area contributed by atoms with Crippen LogP contribution in [0.3, 0.4) is 0 Å². The Kier molecular flexibility index (Phi) is 7.93. The van der Waals surface area contributed by atoms with Gasteiger partial charge in [0, 0.05) is 85.8 Å². The van der Waals surface area contributed by atoms with Crippen LogP contribution >= 0.6 is 0 Å². The summed E-state index contributed by atoms with van der Waals surface area (Å²) < 4.78 is 22.5. The van der Waals surface area contributed by atoms with Crippen molar-refractivity contribution in [3.05, 3.63) is 88.1 Å². The Morgan fingerprint density at radius 2 is 2.00 bits per heavy atom. The smallest absolute Gasteiger partial charge is 0.193 e. The van der Waals surface area contributed by atoms with Crippen LogP contribution in [0.5, 0.6) is 5.75 Å². The van der Waals surface area contributed by atoms with Crippen LogP contribution in [0, 0.1) is 12.7 Å². The van der Waals surface area contributed by atoms with Gasteiger partial charge in [0.2, 0.25) is 0 Å². The Morgan fingerprint density at radius 1 is 1.12 bits per heavy atom. The zero-order valence-corrected chi connectivity index (χ0v) is 23.2. The quantitative estimate of drug-likeness (QED) is 0.312. The normalized spacial score (nSPS) is 17.4. The molecule has 1 N–H and O–H groups in total. The van der Waals surface area contributed by atoms with Crippen molar-refractivity contribution in [1.82, 2.24) is 24.4 Å². The third-order valence-electron chi connectivity index (χ3n) is 7.96. The molecule has 2 aliphatic rings. The molecule has 0 amide bonds. The lowest BCUT2D eigenvalue weighted by Gasteiger charge is -2.40. The highest BCUT2D eigenvalue weighted by molar-refractivity contribution is 5.81. The van der Waals surface area contributed by atoms with Gasteiger partial charge in [-0.15, -0.1) is 0 Å². The zero-order valence-electron chi connectivity index (χ0n) is 23.2. The van der Waals surface area contributed by atoms with E-state index in [9.17, 15) is 9.18 Å². The number of hydrogen-bond acceptors (Lipinski definition) is 8. The molecule has 9 nitrogen and oxygen atoms in total. The second-order valence-electron chi connectivity index (χ2n) is 11.0. The maximum Gasteiger partial charge on any atom is 0.193 e. The Bertz CT molecular complexity index is 1580. The molecule has 4 aromatic rings. The summed E-state index contributed by atoms with van der Waals surface area (Å²) in [5.74, 6) is 0.307. The number of halogens is 1. The van der Waals surface area contributed by atoms with Crippen molar-refractivity contribution >= 4 is 16.7 Å². The van der Waals surface area contributed by atoms with Crippen LogP contribution < -0.4 is 15.1 Å². The van der Waals surface area contributed by atoms with Crippen LogP contribution in [-0.4, -0.2) is 61.9 Å². The van der Waals surface area contributed by atoms with Gasteiger partial charge in [0.25, 0.3) is 0 Å². The molecule has 1 saturated carbocycles. The lowest BCUT2D eigenvalue weighted by Crippen LogP contribution is -2.48. The van der Waals surface area contributed by atoms with Crippen LogP contribution in [0.1, 0.15) is 48.5 Å². The summed E-state index contributed by atoms with van der Waals surface area (Å²) in [6.45, 7) is 4.53. The molecule has 0 bridgehead atoms. The van der Waals surface area contributed by atoms with Crippen molar-refractivity contribution in [2.24, 2.45) is 0 Å². The fourth-order valence-corrected chi connectivity index (χ4v) is 5.83. The van der Waals surface area contributed by atoms with Crippen molar-refractivity contribution in [3.63, 3.8) is 0 Å². The minimum atomic E-state index is -0.599. The second kappa shape index (κ2) is 11.9. The molecule has 0 radical (unpaired) electrons. The molecule has 1 aromatic carbocycles. The number of aliphatic hydroxyl groups excluding tert-OH is 1. The number of fused-ring (bicyclic) bond motifs is 1. The molecule has 0 unspecified atom stereocenters. The Morgan fingerprint density at radius 3 is 2.76 bits per heavy atom. The number of rotatable bonds is 10. The van der Waals surface area contributed by atoms with Crippen LogP contribution in [0.2, 0.25) is 0 Å². The Balaban J connectivity index is 1.37. The van der Waals surface area contributed by atoms with Crippen LogP contribution in [0.25, 0.3) is 10.9 Å². The number of ether oxygens (including phenoxy) is 1. The Labute approximate surface area is 238 Å². The second-order valence-corrected chi connectivity index (χ2v) is 11.0. The number of pyridine rings is 2. The monoisotopic (exact) mass is 558 g/mol. The minimum absolute atomic E-state index is 0.00934. The molecule has 41 heavy (non-hydrogen) atoms. The van der Waals surface area contributed by atoms with E-state index in [0.717, 1.165) is 55.8 Å². The third kappa shape index (κ3) is 6.08. The standard InChI is InChI=1S/C31H35FN6O3/c1-21-13-22(6-7-34-21)17-37(25-3-2-10-36(20-25)30-16-33-8-9-35-30)18-23-19-38(24-4-5-24)28-15-29(41-12-11-39)27(32)14-26(28)31(23)40/h6-9,13-16,19,24-25,39H,2-5,10-12,17-18,20H2,1H3/t25-/m0/s1. The average Bonchev–Trinajstić information content (AvgIpc) is 3.84. The number of hydrogen-bond donors (Lipinski definition) is 1. The fourth-order valence-electron chi connectivity index (χ4n) is 5.83. The summed E-state index contributed by atoms with van der Waals surface area (Å²) >= 11 is 0. The summed E-state index contributed by atoms with van der Waals surface area (Å²) in [5, 5.41) is 9.49. The summed E-state index contributed by atoms with van der Waals surface area (Å²) in [7, 11) is 0. The zero-order chi connectivity index (χ0) is 28.3. The molecular weight excluding hydrogens is 523 g/mol. The fraction of sp³-hybridized carbons (Fsp3) is 0.419. The summed E-state index contributed by atoms with van der Waals surface area (Å²) in [5.41, 5.74) is 3.23. The number of aryl methyl sites for hydroxylation is 1. The summed E-state index contributed by atoms with van der Waals surface area (Å²) in [4.78, 5) is 31.7. The number of aliphatic hydroxyl groups is 1. The molecule has 0 spiro atoms. The first-order chi connectivity index (χ1) is 20.0. The van der Waals surface area contributed by atoms with E-state index >= 15 is 0 Å². The van der Waals surface area contributed by atoms with E-state index in [-0.39, 0.29) is 36.5 Å². The van der Waals surface area contributed by atoms with Crippen molar-refractivity contribution in [3.8, 4) is 5.75 Å². The van der Waals surface area contributed by atoms with Crippen LogP contribution in [0.4, 0.5) is 10.2 Å². The van der Waals surface area contributed by atoms with E-state index in [0.29, 0.717) is 29.6 Å². The van der Waals surface area contributed by atoms with E-state index < -0.39 is 5.82 Å². The van der Waals surface area contributed by atoms with Gasteiger partial charge in [0.05, 0.1) is 18.3 Å². The third-order valence-corrected chi connectivity index (χ3v) is 7.96. The van der Waals surface area contributed by atoms with E-state index in [4.69, 9.17) is 9.84 Å². The maximum absolute atomic E-state index is 15.0. The van der Waals surface area contributed by atoms with Crippen molar-refractivity contribution < 1.29 is 14.2 Å². The molecular formula is C31H35FN6O3. The molecule has 1 saturated heterocycles. The SMILES string of the molecule is Cc1cc(CN(Cc2cn(C3CC3)c3cc(OCCO)c(F)cc3c2=O)[C@H]2CCCN(c3cnccn3)C2)ccn1. The predicted octanol–water partition coefficient (Wildman–Crippen LogP) is 4.01. The van der Waals surface area contributed by atoms with Crippen LogP contribution in [-0.2, 0) is 13.1 Å². The van der Waals surface area contributed by atoms with Gasteiger partial charge < -0.3 is 19.3 Å². The highest BCUT2D eigenvalue weighted by atomic mass is 19.1. The van der Waals surface area contributed by atoms with E-state index in [1.165, 1.54) is 6.07 Å². The predicted molar refractivity (Wildman–Crippen MR) is 155 cm³/mol. The van der Waals surface area contributed by atoms with Crippen molar-refractivity contribution in [2.45, 2.75) is 57.8 Å². The van der Waals surface area contributed by atoms with E-state index in [2.05, 4.69) is 35.4 Å². The molecule has 1 aliphatic heterocycles. The largest absolute Gasteiger partial charge is 0.488 e. The van der Waals surface area contributed by atoms with Gasteiger partial charge in [0.15, 0.2) is 17.0 Å². The van der Waals surface area contributed by atoms with Gasteiger partial charge >= 0.3 is 0 Å². The Hall–Kier alpha value is -3.89. The van der Waals surface area contributed by atoms with Gasteiger partial charge in [-0.1, -0.05) is 0 Å². The first kappa shape index (κ1) is 27.3. The lowest BCUT2D eigenvalue weighted by molar-refractivity contribution is 0.157. The first-order valence-electron chi connectivity index (χ1n) is 14.3.